The second kappa shape index (κ2) is 11.4. The number of allylic oxidation sites excluding steroid dienone is 1. The summed E-state index contributed by atoms with van der Waals surface area (Å²) >= 11 is 5.97. The molecule has 0 saturated carbocycles. The Morgan fingerprint density at radius 3 is 2.68 bits per heavy atom. The average Bonchev–Trinajstić information content (AvgIpc) is 3.12. The highest BCUT2D eigenvalue weighted by Crippen LogP contribution is 2.27. The summed E-state index contributed by atoms with van der Waals surface area (Å²) in [7, 11) is 0. The van der Waals surface area contributed by atoms with E-state index < -0.39 is 17.5 Å². The molecule has 10 heteroatoms. The molecule has 0 aliphatic carbocycles. The van der Waals surface area contributed by atoms with Gasteiger partial charge in [0.25, 0.3) is 0 Å². The van der Waals surface area contributed by atoms with E-state index in [4.69, 9.17) is 0 Å². The zero-order chi connectivity index (χ0) is 22.2. The van der Waals surface area contributed by atoms with E-state index in [1.807, 2.05) is 22.8 Å². The molecule has 0 bridgehead atoms. The molecule has 1 amide bonds. The maximum Gasteiger partial charge on any atom is 0.234 e. The van der Waals surface area contributed by atoms with Crippen LogP contribution in [-0.4, -0.2) is 26.4 Å². The number of amides is 1. The summed E-state index contributed by atoms with van der Waals surface area (Å²) in [5.74, 6) is 0.279. The SMILES string of the molecule is C=CCn1c(CSCc2ccccc2)nnc1SCC(=O)Nc1c(F)cc(F)cc1Br. The standard InChI is InChI=1S/C21H19BrF2N4OS2/c1-2-8-28-18(12-30-11-14-6-4-3-5-7-14)26-27-21(28)31-13-19(29)25-20-16(22)9-15(23)10-17(20)24/h2-7,9-10H,1,8,11-13H2,(H,25,29). The smallest absolute Gasteiger partial charge is 0.234 e. The number of halogens is 3. The molecule has 0 fully saturated rings. The largest absolute Gasteiger partial charge is 0.322 e. The number of benzene rings is 2. The van der Waals surface area contributed by atoms with Crippen molar-refractivity contribution in [1.29, 1.82) is 0 Å². The molecule has 0 aliphatic heterocycles. The number of aromatic nitrogens is 3. The first-order chi connectivity index (χ1) is 15.0. The quantitative estimate of drug-likeness (QED) is 0.273. The van der Waals surface area contributed by atoms with Crippen LogP contribution in [0.15, 0.2) is 64.7 Å². The summed E-state index contributed by atoms with van der Waals surface area (Å²) in [6.07, 6.45) is 1.74. The molecule has 0 spiro atoms. The third kappa shape index (κ3) is 6.65. The van der Waals surface area contributed by atoms with Crippen molar-refractivity contribution in [2.45, 2.75) is 23.2 Å². The minimum Gasteiger partial charge on any atom is -0.322 e. The van der Waals surface area contributed by atoms with Gasteiger partial charge in [-0.2, -0.15) is 0 Å². The van der Waals surface area contributed by atoms with Gasteiger partial charge in [-0.15, -0.1) is 28.5 Å². The van der Waals surface area contributed by atoms with Gasteiger partial charge in [0.2, 0.25) is 5.91 Å². The maximum atomic E-state index is 13.9. The van der Waals surface area contributed by atoms with Crippen LogP contribution >= 0.6 is 39.5 Å². The van der Waals surface area contributed by atoms with E-state index in [9.17, 15) is 13.6 Å². The molecular formula is C21H19BrF2N4OS2. The van der Waals surface area contributed by atoms with Crippen LogP contribution < -0.4 is 5.32 Å². The fraction of sp³-hybridized carbons (Fsp3) is 0.190. The van der Waals surface area contributed by atoms with Gasteiger partial charge in [-0.1, -0.05) is 48.2 Å². The highest BCUT2D eigenvalue weighted by atomic mass is 79.9. The molecule has 1 N–H and O–H groups in total. The third-order valence-electron chi connectivity index (χ3n) is 4.05. The number of carbonyl (C=O) groups excluding carboxylic acids is 1. The Hall–Kier alpha value is -2.17. The van der Waals surface area contributed by atoms with Crippen molar-refractivity contribution < 1.29 is 13.6 Å². The zero-order valence-corrected chi connectivity index (χ0v) is 19.6. The van der Waals surface area contributed by atoms with E-state index in [0.29, 0.717) is 23.5 Å². The van der Waals surface area contributed by atoms with Crippen molar-refractivity contribution >= 4 is 51.0 Å². The number of thioether (sulfide) groups is 2. The first-order valence-corrected chi connectivity index (χ1v) is 12.1. The molecule has 2 aromatic carbocycles. The number of anilines is 1. The first kappa shape index (κ1) is 23.5. The minimum atomic E-state index is -0.849. The fourth-order valence-corrected chi connectivity index (χ4v) is 4.85. The van der Waals surface area contributed by atoms with E-state index in [1.54, 1.807) is 17.8 Å². The predicted octanol–water partition coefficient (Wildman–Crippen LogP) is 5.67. The van der Waals surface area contributed by atoms with E-state index in [-0.39, 0.29) is 15.9 Å². The zero-order valence-electron chi connectivity index (χ0n) is 16.4. The lowest BCUT2D eigenvalue weighted by Crippen LogP contribution is -2.16. The van der Waals surface area contributed by atoms with Crippen LogP contribution in [0, 0.1) is 11.6 Å². The number of carbonyl (C=O) groups is 1. The lowest BCUT2D eigenvalue weighted by molar-refractivity contribution is -0.113. The molecule has 0 saturated heterocycles. The summed E-state index contributed by atoms with van der Waals surface area (Å²) in [6, 6.07) is 11.9. The second-order valence-electron chi connectivity index (χ2n) is 6.36. The van der Waals surface area contributed by atoms with Crippen LogP contribution in [-0.2, 0) is 22.8 Å². The van der Waals surface area contributed by atoms with Gasteiger partial charge in [-0.05, 0) is 27.6 Å². The van der Waals surface area contributed by atoms with Gasteiger partial charge in [0.15, 0.2) is 11.0 Å². The van der Waals surface area contributed by atoms with Gasteiger partial charge in [-0.25, -0.2) is 8.78 Å². The molecule has 1 heterocycles. The van der Waals surface area contributed by atoms with Gasteiger partial charge >= 0.3 is 0 Å². The summed E-state index contributed by atoms with van der Waals surface area (Å²) in [5.41, 5.74) is 1.13. The Kier molecular flexibility index (Phi) is 8.68. The normalized spacial score (nSPS) is 10.8. The highest BCUT2D eigenvalue weighted by Gasteiger charge is 2.16. The maximum absolute atomic E-state index is 13.9. The Bertz CT molecular complexity index is 1040. The van der Waals surface area contributed by atoms with Crippen LogP contribution in [0.3, 0.4) is 0 Å². The van der Waals surface area contributed by atoms with Crippen LogP contribution in [0.4, 0.5) is 14.5 Å². The van der Waals surface area contributed by atoms with Gasteiger partial charge in [-0.3, -0.25) is 4.79 Å². The molecule has 0 atom stereocenters. The number of hydrogen-bond acceptors (Lipinski definition) is 5. The molecule has 0 aliphatic rings. The van der Waals surface area contributed by atoms with Crippen molar-refractivity contribution in [3.63, 3.8) is 0 Å². The molecule has 31 heavy (non-hydrogen) atoms. The molecule has 3 rings (SSSR count). The van der Waals surface area contributed by atoms with Crippen molar-refractivity contribution in [3.05, 3.63) is 82.6 Å². The number of nitrogens with one attached hydrogen (secondary N) is 1. The minimum absolute atomic E-state index is 0.00427. The molecule has 3 aromatic rings. The molecule has 1 aromatic heterocycles. The van der Waals surface area contributed by atoms with E-state index in [1.165, 1.54) is 17.3 Å². The first-order valence-electron chi connectivity index (χ1n) is 9.19. The topological polar surface area (TPSA) is 59.8 Å². The van der Waals surface area contributed by atoms with Crippen LogP contribution in [0.25, 0.3) is 0 Å². The monoisotopic (exact) mass is 524 g/mol. The van der Waals surface area contributed by atoms with Gasteiger partial charge in [0.05, 0.1) is 17.2 Å². The number of hydrogen-bond donors (Lipinski definition) is 1. The molecule has 0 radical (unpaired) electrons. The lowest BCUT2D eigenvalue weighted by Gasteiger charge is -2.10. The van der Waals surface area contributed by atoms with Crippen molar-refractivity contribution in [2.24, 2.45) is 0 Å². The van der Waals surface area contributed by atoms with Crippen LogP contribution in [0.2, 0.25) is 0 Å². The van der Waals surface area contributed by atoms with Gasteiger partial charge in [0.1, 0.15) is 11.6 Å². The molecular weight excluding hydrogens is 506 g/mol. The Labute approximate surface area is 195 Å². The van der Waals surface area contributed by atoms with E-state index >= 15 is 0 Å². The number of rotatable bonds is 10. The third-order valence-corrected chi connectivity index (χ3v) is 6.64. The Morgan fingerprint density at radius 1 is 1.19 bits per heavy atom. The average molecular weight is 525 g/mol. The molecule has 5 nitrogen and oxygen atoms in total. The van der Waals surface area contributed by atoms with Gasteiger partial charge < -0.3 is 9.88 Å². The van der Waals surface area contributed by atoms with E-state index in [2.05, 4.69) is 50.2 Å². The Morgan fingerprint density at radius 2 is 1.97 bits per heavy atom. The van der Waals surface area contributed by atoms with Crippen molar-refractivity contribution in [1.82, 2.24) is 14.8 Å². The van der Waals surface area contributed by atoms with E-state index in [0.717, 1.165) is 17.6 Å². The molecule has 162 valence electrons. The lowest BCUT2D eigenvalue weighted by atomic mass is 10.2. The summed E-state index contributed by atoms with van der Waals surface area (Å²) in [4.78, 5) is 12.3. The van der Waals surface area contributed by atoms with Crippen molar-refractivity contribution in [3.8, 4) is 0 Å². The summed E-state index contributed by atoms with van der Waals surface area (Å²) in [6.45, 7) is 4.28. The Balaban J connectivity index is 1.59. The number of nitrogens with zero attached hydrogens (tertiary/aromatic N) is 3. The van der Waals surface area contributed by atoms with Crippen LogP contribution in [0.1, 0.15) is 11.4 Å². The molecule has 0 unspecified atom stereocenters. The summed E-state index contributed by atoms with van der Waals surface area (Å²) < 4.78 is 29.2. The fourth-order valence-electron chi connectivity index (χ4n) is 2.65. The summed E-state index contributed by atoms with van der Waals surface area (Å²) in [5, 5.41) is 11.5. The van der Waals surface area contributed by atoms with Gasteiger partial charge in [0, 0.05) is 22.8 Å². The highest BCUT2D eigenvalue weighted by molar-refractivity contribution is 9.10. The van der Waals surface area contributed by atoms with Crippen LogP contribution in [0.5, 0.6) is 0 Å². The second-order valence-corrected chi connectivity index (χ2v) is 9.14. The predicted molar refractivity (Wildman–Crippen MR) is 125 cm³/mol. The van der Waals surface area contributed by atoms with Crippen molar-refractivity contribution in [2.75, 3.05) is 11.1 Å².